The van der Waals surface area contributed by atoms with Crippen LogP contribution < -0.4 is 10.5 Å². The lowest BCUT2D eigenvalue weighted by molar-refractivity contribution is 0.0674. The summed E-state index contributed by atoms with van der Waals surface area (Å²) in [6, 6.07) is 1.55. The fourth-order valence-corrected chi connectivity index (χ4v) is 4.71. The van der Waals surface area contributed by atoms with Gasteiger partial charge in [0.1, 0.15) is 4.88 Å². The van der Waals surface area contributed by atoms with Gasteiger partial charge in [-0.15, -0.1) is 11.3 Å². The number of anilines is 1. The topological polar surface area (TPSA) is 80.6 Å². The minimum absolute atomic E-state index is 0.00270. The maximum absolute atomic E-state index is 12.9. The Hall–Kier alpha value is -2.26. The van der Waals surface area contributed by atoms with Crippen LogP contribution in [-0.2, 0) is 4.74 Å². The van der Waals surface area contributed by atoms with Crippen molar-refractivity contribution in [2.75, 3.05) is 44.3 Å². The smallest absolute Gasteiger partial charge is 0.269 e. The van der Waals surface area contributed by atoms with Crippen molar-refractivity contribution in [2.45, 2.75) is 38.6 Å². The molecule has 2 aromatic heterocycles. The van der Waals surface area contributed by atoms with Crippen molar-refractivity contribution >= 4 is 22.9 Å². The van der Waals surface area contributed by atoms with Crippen LogP contribution >= 0.6 is 11.3 Å². The number of carbonyl (C=O) groups is 1. The molecular formula is C20H27N5O3S. The first-order chi connectivity index (χ1) is 14.0. The maximum atomic E-state index is 12.9. The zero-order chi connectivity index (χ0) is 20.4. The molecule has 4 heterocycles. The second-order valence-corrected chi connectivity index (χ2v) is 8.92. The molecule has 2 aromatic rings. The van der Waals surface area contributed by atoms with Gasteiger partial charge in [0, 0.05) is 38.2 Å². The number of aromatic nitrogens is 3. The summed E-state index contributed by atoms with van der Waals surface area (Å²) in [6.07, 6.45) is 5.12. The number of morpholine rings is 1. The Morgan fingerprint density at radius 3 is 2.72 bits per heavy atom. The molecule has 0 saturated carbocycles. The molecule has 0 spiro atoms. The average Bonchev–Trinajstić information content (AvgIpc) is 3.24. The molecule has 156 valence electrons. The number of piperidine rings is 1. The number of amides is 1. The number of nitrogens with zero attached hydrogens (tertiary/aromatic N) is 5. The molecule has 2 saturated heterocycles. The number of ether oxygens (including phenoxy) is 1. The quantitative estimate of drug-likeness (QED) is 0.758. The minimum atomic E-state index is -0.117. The van der Waals surface area contributed by atoms with Gasteiger partial charge in [-0.2, -0.15) is 5.10 Å². The first-order valence-corrected chi connectivity index (χ1v) is 11.0. The molecule has 4 rings (SSSR count). The predicted molar refractivity (Wildman–Crippen MR) is 112 cm³/mol. The monoisotopic (exact) mass is 417 g/mol. The summed E-state index contributed by atoms with van der Waals surface area (Å²) in [5.41, 5.74) is 0.720. The molecule has 1 unspecified atom stereocenters. The zero-order valence-electron chi connectivity index (χ0n) is 16.9. The van der Waals surface area contributed by atoms with Gasteiger partial charge in [-0.05, 0) is 12.8 Å². The number of carbonyl (C=O) groups excluding carboxylic acids is 1. The molecule has 2 aliphatic heterocycles. The van der Waals surface area contributed by atoms with Crippen LogP contribution in [-0.4, -0.2) is 65.0 Å². The van der Waals surface area contributed by atoms with Gasteiger partial charge in [0.05, 0.1) is 42.3 Å². The fraction of sp³-hybridized carbons (Fsp3) is 0.600. The summed E-state index contributed by atoms with van der Waals surface area (Å²) >= 11 is 1.46. The van der Waals surface area contributed by atoms with Crippen LogP contribution in [0.3, 0.4) is 0 Å². The molecule has 0 bridgehead atoms. The van der Waals surface area contributed by atoms with Crippen LogP contribution in [0.15, 0.2) is 23.3 Å². The highest BCUT2D eigenvalue weighted by atomic mass is 32.1. The number of thiazole rings is 1. The summed E-state index contributed by atoms with van der Waals surface area (Å²) in [7, 11) is 0. The molecule has 8 nitrogen and oxygen atoms in total. The maximum Gasteiger partial charge on any atom is 0.269 e. The van der Waals surface area contributed by atoms with E-state index in [0.29, 0.717) is 37.1 Å². The standard InChI is InChI=1S/C20H27N5O3S/c1-14(2)19-21-12-17(29-19)20(27)24-5-3-4-15(13-24)25-18(26)10-16(11-22-25)23-6-8-28-9-7-23/h10-12,14-15H,3-9,13H2,1-2H3. The lowest BCUT2D eigenvalue weighted by Crippen LogP contribution is -2.43. The zero-order valence-corrected chi connectivity index (χ0v) is 17.7. The lowest BCUT2D eigenvalue weighted by atomic mass is 10.1. The number of hydrogen-bond acceptors (Lipinski definition) is 7. The van der Waals surface area contributed by atoms with E-state index in [1.165, 1.54) is 16.0 Å². The second-order valence-electron chi connectivity index (χ2n) is 7.86. The third-order valence-electron chi connectivity index (χ3n) is 5.45. The van der Waals surface area contributed by atoms with Gasteiger partial charge in [-0.25, -0.2) is 9.67 Å². The normalized spacial score (nSPS) is 20.3. The largest absolute Gasteiger partial charge is 0.378 e. The van der Waals surface area contributed by atoms with E-state index in [0.717, 1.165) is 36.6 Å². The van der Waals surface area contributed by atoms with E-state index in [1.54, 1.807) is 18.5 Å². The molecule has 2 aliphatic rings. The molecular weight excluding hydrogens is 390 g/mol. The van der Waals surface area contributed by atoms with Gasteiger partial charge in [0.15, 0.2) is 0 Å². The predicted octanol–water partition coefficient (Wildman–Crippen LogP) is 2.14. The van der Waals surface area contributed by atoms with E-state index >= 15 is 0 Å². The molecule has 2 fully saturated rings. The molecule has 0 N–H and O–H groups in total. The Balaban J connectivity index is 1.47. The van der Waals surface area contributed by atoms with Crippen molar-refractivity contribution in [3.8, 4) is 0 Å². The van der Waals surface area contributed by atoms with Crippen LogP contribution in [0.2, 0.25) is 0 Å². The molecule has 9 heteroatoms. The van der Waals surface area contributed by atoms with E-state index < -0.39 is 0 Å². The average molecular weight is 418 g/mol. The van der Waals surface area contributed by atoms with Gasteiger partial charge in [-0.1, -0.05) is 13.8 Å². The lowest BCUT2D eigenvalue weighted by Gasteiger charge is -2.33. The molecule has 0 aliphatic carbocycles. The van der Waals surface area contributed by atoms with Crippen LogP contribution in [0.4, 0.5) is 5.69 Å². The van der Waals surface area contributed by atoms with E-state index in [1.807, 2.05) is 4.90 Å². The molecule has 1 atom stereocenters. The Bertz CT molecular complexity index is 919. The van der Waals surface area contributed by atoms with Crippen LogP contribution in [0.25, 0.3) is 0 Å². The van der Waals surface area contributed by atoms with Crippen molar-refractivity contribution in [3.63, 3.8) is 0 Å². The second kappa shape index (κ2) is 8.62. The van der Waals surface area contributed by atoms with Gasteiger partial charge in [0.25, 0.3) is 11.5 Å². The summed E-state index contributed by atoms with van der Waals surface area (Å²) < 4.78 is 6.91. The fourth-order valence-electron chi connectivity index (χ4n) is 3.82. The first kappa shape index (κ1) is 20.0. The number of rotatable bonds is 4. The highest BCUT2D eigenvalue weighted by Gasteiger charge is 2.28. The summed E-state index contributed by atoms with van der Waals surface area (Å²) in [6.45, 7) is 8.21. The first-order valence-electron chi connectivity index (χ1n) is 10.2. The van der Waals surface area contributed by atoms with E-state index in [2.05, 4.69) is 28.8 Å². The Morgan fingerprint density at radius 1 is 1.24 bits per heavy atom. The van der Waals surface area contributed by atoms with E-state index in [-0.39, 0.29) is 17.5 Å². The molecule has 0 radical (unpaired) electrons. The highest BCUT2D eigenvalue weighted by molar-refractivity contribution is 7.13. The third-order valence-corrected chi connectivity index (χ3v) is 6.73. The Labute approximate surface area is 174 Å². The van der Waals surface area contributed by atoms with Crippen molar-refractivity contribution in [1.29, 1.82) is 0 Å². The van der Waals surface area contributed by atoms with Gasteiger partial charge in [0.2, 0.25) is 0 Å². The van der Waals surface area contributed by atoms with Gasteiger partial charge >= 0.3 is 0 Å². The van der Waals surface area contributed by atoms with Crippen LogP contribution in [0.5, 0.6) is 0 Å². The molecule has 0 aromatic carbocycles. The Kier molecular flexibility index (Phi) is 5.96. The van der Waals surface area contributed by atoms with Crippen molar-refractivity contribution in [3.05, 3.63) is 38.7 Å². The van der Waals surface area contributed by atoms with Crippen LogP contribution in [0.1, 0.15) is 53.3 Å². The number of hydrogen-bond donors (Lipinski definition) is 0. The molecule has 1 amide bonds. The highest BCUT2D eigenvalue weighted by Crippen LogP contribution is 2.26. The number of likely N-dealkylation sites (tertiary alicyclic amines) is 1. The van der Waals surface area contributed by atoms with E-state index in [9.17, 15) is 9.59 Å². The SMILES string of the molecule is CC(C)c1ncc(C(=O)N2CCCC(n3ncc(N4CCOCC4)cc3=O)C2)s1. The molecule has 29 heavy (non-hydrogen) atoms. The summed E-state index contributed by atoms with van der Waals surface area (Å²) in [5.74, 6) is 0.306. The minimum Gasteiger partial charge on any atom is -0.378 e. The van der Waals surface area contributed by atoms with Crippen LogP contribution in [0, 0.1) is 0 Å². The Morgan fingerprint density at radius 2 is 2.03 bits per heavy atom. The summed E-state index contributed by atoms with van der Waals surface area (Å²) in [5, 5.41) is 5.42. The van der Waals surface area contributed by atoms with E-state index in [4.69, 9.17) is 4.74 Å². The van der Waals surface area contributed by atoms with Crippen molar-refractivity contribution < 1.29 is 9.53 Å². The summed E-state index contributed by atoms with van der Waals surface area (Å²) in [4.78, 5) is 34.6. The van der Waals surface area contributed by atoms with Gasteiger partial charge in [-0.3, -0.25) is 9.59 Å². The third kappa shape index (κ3) is 4.35. The van der Waals surface area contributed by atoms with Crippen molar-refractivity contribution in [2.24, 2.45) is 0 Å². The van der Waals surface area contributed by atoms with Crippen molar-refractivity contribution in [1.82, 2.24) is 19.7 Å². The van der Waals surface area contributed by atoms with Gasteiger partial charge < -0.3 is 14.5 Å².